The Bertz CT molecular complexity index is 777. The number of hydrogen-bond donors (Lipinski definition) is 2. The summed E-state index contributed by atoms with van der Waals surface area (Å²) in [5.41, 5.74) is 2.49. The maximum Gasteiger partial charge on any atom is 0.267 e. The summed E-state index contributed by atoms with van der Waals surface area (Å²) < 4.78 is 22.8. The summed E-state index contributed by atoms with van der Waals surface area (Å²) >= 11 is 0. The van der Waals surface area contributed by atoms with Gasteiger partial charge < -0.3 is 10.3 Å². The van der Waals surface area contributed by atoms with E-state index in [-0.39, 0.29) is 23.5 Å². The van der Waals surface area contributed by atoms with Crippen molar-refractivity contribution in [1.29, 1.82) is 0 Å². The average Bonchev–Trinajstić information content (AvgIpc) is 2.94. The fourth-order valence-corrected chi connectivity index (χ4v) is 4.28. The van der Waals surface area contributed by atoms with E-state index < -0.39 is 9.84 Å². The van der Waals surface area contributed by atoms with Crippen LogP contribution in [0.25, 0.3) is 10.9 Å². The van der Waals surface area contributed by atoms with E-state index in [1.165, 1.54) is 0 Å². The quantitative estimate of drug-likeness (QED) is 0.878. The molecule has 2 N–H and O–H groups in total. The normalized spacial score (nSPS) is 21.1. The number of sulfone groups is 1. The first-order chi connectivity index (χ1) is 9.44. The van der Waals surface area contributed by atoms with Gasteiger partial charge in [-0.25, -0.2) is 8.42 Å². The van der Waals surface area contributed by atoms with E-state index in [0.29, 0.717) is 12.1 Å². The molecule has 2 heterocycles. The molecule has 0 bridgehead atoms. The molecule has 0 spiro atoms. The van der Waals surface area contributed by atoms with E-state index in [9.17, 15) is 13.2 Å². The third kappa shape index (κ3) is 2.43. The van der Waals surface area contributed by atoms with Gasteiger partial charge in [-0.05, 0) is 25.0 Å². The fraction of sp³-hybridized carbons (Fsp3) is 0.357. The molecule has 0 aliphatic carbocycles. The molecule has 5 nitrogen and oxygen atoms in total. The number of H-pyrrole nitrogens is 1. The minimum absolute atomic E-state index is 0.0397. The van der Waals surface area contributed by atoms with Gasteiger partial charge in [-0.1, -0.05) is 18.2 Å². The zero-order chi connectivity index (χ0) is 14.3. The summed E-state index contributed by atoms with van der Waals surface area (Å²) in [6.07, 6.45) is 0.493. The van der Waals surface area contributed by atoms with Crippen LogP contribution in [0.2, 0.25) is 0 Å². The second kappa shape index (κ2) is 4.63. The second-order valence-corrected chi connectivity index (χ2v) is 7.52. The van der Waals surface area contributed by atoms with Gasteiger partial charge in [0.15, 0.2) is 9.84 Å². The molecule has 1 aliphatic heterocycles. The number of fused-ring (bicyclic) bond motifs is 1. The van der Waals surface area contributed by atoms with Crippen molar-refractivity contribution >= 4 is 26.6 Å². The lowest BCUT2D eigenvalue weighted by atomic mass is 10.2. The zero-order valence-corrected chi connectivity index (χ0v) is 12.0. The molecule has 1 atom stereocenters. The van der Waals surface area contributed by atoms with Crippen molar-refractivity contribution in [3.05, 3.63) is 35.5 Å². The van der Waals surface area contributed by atoms with Gasteiger partial charge in [0.05, 0.1) is 11.5 Å². The second-order valence-electron chi connectivity index (χ2n) is 5.30. The molecule has 0 saturated carbocycles. The molecule has 20 heavy (non-hydrogen) atoms. The summed E-state index contributed by atoms with van der Waals surface area (Å²) in [6, 6.07) is 7.37. The molecular formula is C14H16N2O3S. The number of aromatic amines is 1. The molecule has 1 amide bonds. The smallest absolute Gasteiger partial charge is 0.267 e. The Morgan fingerprint density at radius 1 is 1.40 bits per heavy atom. The van der Waals surface area contributed by atoms with Crippen LogP contribution >= 0.6 is 0 Å². The monoisotopic (exact) mass is 292 g/mol. The summed E-state index contributed by atoms with van der Waals surface area (Å²) in [5.74, 6) is -0.0513. The lowest BCUT2D eigenvalue weighted by molar-refractivity contribution is 0.0937. The van der Waals surface area contributed by atoms with Crippen molar-refractivity contribution in [2.75, 3.05) is 11.5 Å². The first kappa shape index (κ1) is 13.2. The highest BCUT2D eigenvalue weighted by Gasteiger charge is 2.29. The maximum absolute atomic E-state index is 12.2. The van der Waals surface area contributed by atoms with Gasteiger partial charge >= 0.3 is 0 Å². The number of nitrogens with one attached hydrogen (secondary N) is 2. The van der Waals surface area contributed by atoms with Crippen LogP contribution in [0.15, 0.2) is 24.3 Å². The number of aromatic nitrogens is 1. The van der Waals surface area contributed by atoms with Gasteiger partial charge in [0.2, 0.25) is 0 Å². The zero-order valence-electron chi connectivity index (χ0n) is 11.1. The van der Waals surface area contributed by atoms with Gasteiger partial charge in [-0.2, -0.15) is 0 Å². The number of hydrogen-bond acceptors (Lipinski definition) is 3. The number of carbonyl (C=O) groups is 1. The van der Waals surface area contributed by atoms with E-state index in [0.717, 1.165) is 16.5 Å². The van der Waals surface area contributed by atoms with Crippen molar-refractivity contribution in [2.45, 2.75) is 19.4 Å². The van der Waals surface area contributed by atoms with Crippen molar-refractivity contribution < 1.29 is 13.2 Å². The number of para-hydroxylation sites is 1. The lowest BCUT2D eigenvalue weighted by Crippen LogP contribution is -2.35. The Hall–Kier alpha value is -1.82. The van der Waals surface area contributed by atoms with Gasteiger partial charge in [0.1, 0.15) is 5.69 Å². The van der Waals surface area contributed by atoms with Crippen molar-refractivity contribution in [3.8, 4) is 0 Å². The van der Waals surface area contributed by atoms with Crippen LogP contribution in [0.1, 0.15) is 22.5 Å². The molecule has 2 aromatic rings. The molecule has 1 unspecified atom stereocenters. The highest BCUT2D eigenvalue weighted by Crippen LogP contribution is 2.19. The molecule has 1 aromatic carbocycles. The van der Waals surface area contributed by atoms with Crippen LogP contribution in [-0.2, 0) is 9.84 Å². The Balaban J connectivity index is 1.81. The molecule has 1 saturated heterocycles. The van der Waals surface area contributed by atoms with Crippen molar-refractivity contribution in [2.24, 2.45) is 0 Å². The first-order valence-electron chi connectivity index (χ1n) is 6.54. The minimum Gasteiger partial charge on any atom is -0.350 e. The average molecular weight is 292 g/mol. The fourth-order valence-electron chi connectivity index (χ4n) is 2.60. The van der Waals surface area contributed by atoms with Crippen LogP contribution < -0.4 is 5.32 Å². The van der Waals surface area contributed by atoms with E-state index in [2.05, 4.69) is 10.3 Å². The Morgan fingerprint density at radius 3 is 2.85 bits per heavy atom. The standard InChI is InChI=1S/C14H16N2O3S/c1-9-3-2-4-10-7-12(16-13(9)10)14(17)15-11-5-6-20(18,19)8-11/h2-4,7,11,16H,5-6,8H2,1H3,(H,15,17). The number of benzene rings is 1. The van der Waals surface area contributed by atoms with Crippen LogP contribution in [0.5, 0.6) is 0 Å². The molecule has 1 aromatic heterocycles. The third-order valence-electron chi connectivity index (χ3n) is 3.68. The van der Waals surface area contributed by atoms with Crippen molar-refractivity contribution in [1.82, 2.24) is 10.3 Å². The van der Waals surface area contributed by atoms with Crippen LogP contribution in [0.4, 0.5) is 0 Å². The summed E-state index contributed by atoms with van der Waals surface area (Å²) in [5, 5.41) is 3.76. The van der Waals surface area contributed by atoms with Gasteiger partial charge in [0.25, 0.3) is 5.91 Å². The van der Waals surface area contributed by atoms with E-state index in [1.807, 2.05) is 25.1 Å². The van der Waals surface area contributed by atoms with Crippen LogP contribution in [0, 0.1) is 6.92 Å². The number of amides is 1. The predicted molar refractivity (Wildman–Crippen MR) is 77.6 cm³/mol. The van der Waals surface area contributed by atoms with Crippen LogP contribution in [0.3, 0.4) is 0 Å². The summed E-state index contributed by atoms with van der Waals surface area (Å²) in [7, 11) is -2.98. The third-order valence-corrected chi connectivity index (χ3v) is 5.44. The molecule has 0 radical (unpaired) electrons. The van der Waals surface area contributed by atoms with Crippen LogP contribution in [-0.4, -0.2) is 36.9 Å². The van der Waals surface area contributed by atoms with Gasteiger partial charge in [-0.15, -0.1) is 0 Å². The van der Waals surface area contributed by atoms with E-state index >= 15 is 0 Å². The molecule has 1 fully saturated rings. The number of carbonyl (C=O) groups excluding carboxylic acids is 1. The van der Waals surface area contributed by atoms with Crippen molar-refractivity contribution in [3.63, 3.8) is 0 Å². The number of rotatable bonds is 2. The molecule has 3 rings (SSSR count). The predicted octanol–water partition coefficient (Wildman–Crippen LogP) is 1.39. The minimum atomic E-state index is -2.98. The number of aryl methyl sites for hydroxylation is 1. The van der Waals surface area contributed by atoms with E-state index in [1.54, 1.807) is 6.07 Å². The first-order valence-corrected chi connectivity index (χ1v) is 8.36. The highest BCUT2D eigenvalue weighted by atomic mass is 32.2. The Morgan fingerprint density at radius 2 is 2.20 bits per heavy atom. The van der Waals surface area contributed by atoms with E-state index in [4.69, 9.17) is 0 Å². The molecule has 1 aliphatic rings. The Kier molecular flexibility index (Phi) is 3.05. The lowest BCUT2D eigenvalue weighted by Gasteiger charge is -2.09. The topological polar surface area (TPSA) is 79.0 Å². The molecule has 106 valence electrons. The maximum atomic E-state index is 12.2. The van der Waals surface area contributed by atoms with Gasteiger partial charge in [-0.3, -0.25) is 4.79 Å². The van der Waals surface area contributed by atoms with Gasteiger partial charge in [0, 0.05) is 16.9 Å². The summed E-state index contributed by atoms with van der Waals surface area (Å²) in [6.45, 7) is 1.98. The molecule has 6 heteroatoms. The highest BCUT2D eigenvalue weighted by molar-refractivity contribution is 7.91. The molecular weight excluding hydrogens is 276 g/mol. The SMILES string of the molecule is Cc1cccc2cc(C(=O)NC3CCS(=O)(=O)C3)[nH]c12. The Labute approximate surface area is 117 Å². The summed E-state index contributed by atoms with van der Waals surface area (Å²) in [4.78, 5) is 15.3. The largest absolute Gasteiger partial charge is 0.350 e.